The van der Waals surface area contributed by atoms with Crippen LogP contribution in [0, 0.1) is 0 Å². The third kappa shape index (κ3) is 3.10. The zero-order valence-corrected chi connectivity index (χ0v) is 13.4. The van der Waals surface area contributed by atoms with Gasteiger partial charge in [0.05, 0.1) is 8.07 Å². The van der Waals surface area contributed by atoms with E-state index < -0.39 is 8.07 Å². The molecule has 1 unspecified atom stereocenters. The molecule has 1 nitrogen and oxygen atoms in total. The molecule has 0 saturated heterocycles. The van der Waals surface area contributed by atoms with Crippen LogP contribution in [-0.2, 0) is 0 Å². The molecule has 16 heavy (non-hydrogen) atoms. The van der Waals surface area contributed by atoms with Crippen LogP contribution in [0.25, 0.3) is 0 Å². The van der Waals surface area contributed by atoms with Gasteiger partial charge in [-0.3, -0.25) is 0 Å². The minimum absolute atomic E-state index is 0.0209. The topological polar surface area (TPSA) is 20.2 Å². The van der Waals surface area contributed by atoms with Crippen LogP contribution in [-0.4, -0.2) is 18.9 Å². The summed E-state index contributed by atoms with van der Waals surface area (Å²) in [5, 5.41) is 10.7. The molecule has 0 fully saturated rings. The first-order valence-corrected chi connectivity index (χ1v) is 9.30. The summed E-state index contributed by atoms with van der Waals surface area (Å²) < 4.78 is 0. The Hall–Kier alpha value is 0.177. The Kier molecular flexibility index (Phi) is 6.88. The monoisotopic (exact) mass is 244 g/mol. The highest BCUT2D eigenvalue weighted by Gasteiger charge is 2.47. The molecule has 0 saturated carbocycles. The Bertz CT molecular complexity index is 165. The second kappa shape index (κ2) is 6.80. The molecule has 0 aromatic carbocycles. The third-order valence-corrected chi connectivity index (χ3v) is 11.9. The molecule has 2 heteroatoms. The van der Waals surface area contributed by atoms with E-state index in [0.29, 0.717) is 16.6 Å². The number of hydrogen-bond acceptors (Lipinski definition) is 1. The van der Waals surface area contributed by atoms with Crippen LogP contribution in [0.1, 0.15) is 67.7 Å². The van der Waals surface area contributed by atoms with Gasteiger partial charge in [0.1, 0.15) is 0 Å². The highest BCUT2D eigenvalue weighted by atomic mass is 28.3. The summed E-state index contributed by atoms with van der Waals surface area (Å²) in [6.45, 7) is 16.1. The largest absolute Gasteiger partial charge is 0.396 e. The Morgan fingerprint density at radius 1 is 0.875 bits per heavy atom. The van der Waals surface area contributed by atoms with E-state index >= 15 is 0 Å². The van der Waals surface area contributed by atoms with E-state index in [1.807, 2.05) is 0 Å². The number of hydrogen-bond donors (Lipinski definition) is 1. The average molecular weight is 244 g/mol. The summed E-state index contributed by atoms with van der Waals surface area (Å²) in [5.41, 5.74) is 1.98. The Morgan fingerprint density at radius 2 is 1.25 bits per heavy atom. The summed E-state index contributed by atoms with van der Waals surface area (Å²) >= 11 is 0. The van der Waals surface area contributed by atoms with Crippen molar-refractivity contribution in [1.82, 2.24) is 0 Å². The molecular formula is C14H32OSi. The van der Waals surface area contributed by atoms with E-state index in [4.69, 9.17) is 0 Å². The molecule has 0 aromatic heterocycles. The minimum Gasteiger partial charge on any atom is -0.396 e. The molecule has 0 heterocycles. The maximum Gasteiger partial charge on any atom is 0.0948 e. The first kappa shape index (κ1) is 16.2. The van der Waals surface area contributed by atoms with E-state index in [2.05, 4.69) is 48.5 Å². The Labute approximate surface area is 104 Å². The molecule has 0 aliphatic rings. The van der Waals surface area contributed by atoms with Gasteiger partial charge in [-0.2, -0.15) is 0 Å². The summed E-state index contributed by atoms with van der Waals surface area (Å²) in [7, 11) is -1.61. The molecule has 0 aliphatic heterocycles. The van der Waals surface area contributed by atoms with Gasteiger partial charge in [0.15, 0.2) is 0 Å². The number of aliphatic hydroxyl groups is 1. The zero-order chi connectivity index (χ0) is 12.9. The number of aliphatic hydroxyl groups excluding tert-OH is 1. The van der Waals surface area contributed by atoms with Crippen LogP contribution in [0.15, 0.2) is 0 Å². The fraction of sp³-hybridized carbons (Fsp3) is 1.00. The molecule has 0 amide bonds. The van der Waals surface area contributed by atoms with Crippen LogP contribution in [0.5, 0.6) is 0 Å². The lowest BCUT2D eigenvalue weighted by atomic mass is 10.3. The SMILES string of the molecule is CCCCC(O)[Si](C(C)C)(C(C)C)C(C)C. The molecular weight excluding hydrogens is 212 g/mol. The number of unbranched alkanes of at least 4 members (excludes halogenated alkanes) is 1. The van der Waals surface area contributed by atoms with Gasteiger partial charge in [-0.05, 0) is 23.0 Å². The Balaban J connectivity index is 5.02. The molecule has 0 aromatic rings. The normalized spacial score (nSPS) is 15.2. The van der Waals surface area contributed by atoms with Crippen molar-refractivity contribution < 1.29 is 5.11 Å². The standard InChI is InChI=1S/C14H32OSi/c1-8-9-10-14(15)16(11(2)3,12(4)5)13(6)7/h11-15H,8-10H2,1-7H3. The second-order valence-corrected chi connectivity index (χ2v) is 12.3. The maximum absolute atomic E-state index is 10.7. The fourth-order valence-corrected chi connectivity index (χ4v) is 10.8. The molecule has 0 spiro atoms. The third-order valence-electron chi connectivity index (χ3n) is 4.41. The maximum atomic E-state index is 10.7. The van der Waals surface area contributed by atoms with Crippen molar-refractivity contribution in [2.75, 3.05) is 0 Å². The van der Waals surface area contributed by atoms with Crippen molar-refractivity contribution >= 4 is 8.07 Å². The first-order chi connectivity index (χ1) is 7.31. The van der Waals surface area contributed by atoms with Crippen molar-refractivity contribution in [2.45, 2.75) is 90.1 Å². The first-order valence-electron chi connectivity index (χ1n) is 6.99. The van der Waals surface area contributed by atoms with Crippen LogP contribution >= 0.6 is 0 Å². The van der Waals surface area contributed by atoms with E-state index in [-0.39, 0.29) is 5.73 Å². The van der Waals surface area contributed by atoms with E-state index in [9.17, 15) is 5.11 Å². The summed E-state index contributed by atoms with van der Waals surface area (Å²) in [4.78, 5) is 0. The number of rotatable bonds is 7. The van der Waals surface area contributed by atoms with Gasteiger partial charge in [0.25, 0.3) is 0 Å². The fourth-order valence-electron chi connectivity index (χ4n) is 3.80. The van der Waals surface area contributed by atoms with E-state index in [1.54, 1.807) is 0 Å². The Morgan fingerprint density at radius 3 is 1.50 bits per heavy atom. The van der Waals surface area contributed by atoms with E-state index in [0.717, 1.165) is 6.42 Å². The highest BCUT2D eigenvalue weighted by molar-refractivity contribution is 6.84. The van der Waals surface area contributed by atoms with Gasteiger partial charge >= 0.3 is 0 Å². The minimum atomic E-state index is -1.61. The summed E-state index contributed by atoms with van der Waals surface area (Å²) in [6.07, 6.45) is 3.37. The van der Waals surface area contributed by atoms with Crippen LogP contribution in [0.2, 0.25) is 16.6 Å². The molecule has 1 N–H and O–H groups in total. The lowest BCUT2D eigenvalue weighted by molar-refractivity contribution is 0.220. The molecule has 0 bridgehead atoms. The van der Waals surface area contributed by atoms with Crippen LogP contribution < -0.4 is 0 Å². The van der Waals surface area contributed by atoms with Gasteiger partial charge in [-0.15, -0.1) is 0 Å². The molecule has 0 rings (SSSR count). The molecule has 0 aliphatic carbocycles. The van der Waals surface area contributed by atoms with Crippen LogP contribution in [0.4, 0.5) is 0 Å². The van der Waals surface area contributed by atoms with Crippen molar-refractivity contribution in [3.8, 4) is 0 Å². The van der Waals surface area contributed by atoms with Gasteiger partial charge in [0, 0.05) is 5.73 Å². The summed E-state index contributed by atoms with van der Waals surface area (Å²) in [6, 6.07) is 0. The van der Waals surface area contributed by atoms with Crippen molar-refractivity contribution in [3.05, 3.63) is 0 Å². The molecule has 98 valence electrons. The second-order valence-electron chi connectivity index (χ2n) is 6.12. The molecule has 0 radical (unpaired) electrons. The van der Waals surface area contributed by atoms with Gasteiger partial charge in [-0.25, -0.2) is 0 Å². The quantitative estimate of drug-likeness (QED) is 0.640. The predicted molar refractivity (Wildman–Crippen MR) is 76.6 cm³/mol. The zero-order valence-electron chi connectivity index (χ0n) is 12.4. The lowest BCUT2D eigenvalue weighted by Crippen LogP contribution is -2.55. The van der Waals surface area contributed by atoms with Gasteiger partial charge in [0.2, 0.25) is 0 Å². The van der Waals surface area contributed by atoms with Crippen molar-refractivity contribution in [3.63, 3.8) is 0 Å². The van der Waals surface area contributed by atoms with Gasteiger partial charge in [-0.1, -0.05) is 61.3 Å². The average Bonchev–Trinajstić information content (AvgIpc) is 2.13. The molecule has 1 atom stereocenters. The van der Waals surface area contributed by atoms with Gasteiger partial charge < -0.3 is 5.11 Å². The smallest absolute Gasteiger partial charge is 0.0948 e. The predicted octanol–water partition coefficient (Wildman–Crippen LogP) is 4.76. The highest BCUT2D eigenvalue weighted by Crippen LogP contribution is 2.44. The van der Waals surface area contributed by atoms with E-state index in [1.165, 1.54) is 12.8 Å². The van der Waals surface area contributed by atoms with Crippen molar-refractivity contribution in [1.29, 1.82) is 0 Å². The van der Waals surface area contributed by atoms with Crippen molar-refractivity contribution in [2.24, 2.45) is 0 Å². The summed E-state index contributed by atoms with van der Waals surface area (Å²) in [5.74, 6) is 0. The van der Waals surface area contributed by atoms with Crippen LogP contribution in [0.3, 0.4) is 0 Å². The lowest BCUT2D eigenvalue weighted by Gasteiger charge is -2.46.